The van der Waals surface area contributed by atoms with E-state index in [0.717, 1.165) is 18.7 Å². The summed E-state index contributed by atoms with van der Waals surface area (Å²) in [5.74, 6) is 2.56. The number of rotatable bonds is 4. The molecule has 4 rings (SSSR count). The molecule has 6 nitrogen and oxygen atoms in total. The molecule has 2 heterocycles. The Morgan fingerprint density at radius 2 is 2.14 bits per heavy atom. The van der Waals surface area contributed by atoms with E-state index in [1.165, 1.54) is 12.8 Å². The van der Waals surface area contributed by atoms with Gasteiger partial charge < -0.3 is 14.2 Å². The number of nitrogens with zero attached hydrogens (tertiary/aromatic N) is 3. The number of morpholine rings is 1. The molecule has 0 bridgehead atoms. The zero-order chi connectivity index (χ0) is 14.4. The lowest BCUT2D eigenvalue weighted by Gasteiger charge is -2.37. The van der Waals surface area contributed by atoms with Crippen molar-refractivity contribution in [3.63, 3.8) is 0 Å². The van der Waals surface area contributed by atoms with Crippen molar-refractivity contribution in [3.8, 4) is 0 Å². The maximum Gasteiger partial charge on any atom is 0.252 e. The molecule has 1 amide bonds. The van der Waals surface area contributed by atoms with E-state index in [9.17, 15) is 4.79 Å². The van der Waals surface area contributed by atoms with Crippen LogP contribution in [0, 0.1) is 5.92 Å². The zero-order valence-electron chi connectivity index (χ0n) is 12.3. The molecular weight excluding hydrogens is 270 g/mol. The molecule has 0 radical (unpaired) electrons. The first-order chi connectivity index (χ1) is 10.2. The Morgan fingerprint density at radius 1 is 1.33 bits per heavy atom. The molecule has 2 atom stereocenters. The van der Waals surface area contributed by atoms with Crippen molar-refractivity contribution >= 4 is 5.91 Å². The number of carbonyl (C=O) groups excluding carboxylic acids is 1. The number of hydrogen-bond donors (Lipinski definition) is 0. The van der Waals surface area contributed by atoms with Gasteiger partial charge in [-0.05, 0) is 38.5 Å². The molecule has 1 aromatic heterocycles. The molecule has 3 fully saturated rings. The third kappa shape index (κ3) is 2.69. The van der Waals surface area contributed by atoms with E-state index in [2.05, 4.69) is 10.1 Å². The highest BCUT2D eigenvalue weighted by Crippen LogP contribution is 2.40. The molecule has 6 heteroatoms. The fraction of sp³-hybridized carbons (Fsp3) is 0.800. The van der Waals surface area contributed by atoms with Gasteiger partial charge in [0, 0.05) is 18.9 Å². The lowest BCUT2D eigenvalue weighted by Crippen LogP contribution is -2.47. The van der Waals surface area contributed by atoms with Crippen LogP contribution < -0.4 is 0 Å². The number of aromatic nitrogens is 2. The first-order valence-corrected chi connectivity index (χ1v) is 7.97. The number of carbonyl (C=O) groups is 1. The van der Waals surface area contributed by atoms with E-state index in [1.54, 1.807) is 0 Å². The van der Waals surface area contributed by atoms with Crippen molar-refractivity contribution in [2.75, 3.05) is 13.2 Å². The highest BCUT2D eigenvalue weighted by Gasteiger charge is 2.40. The second-order valence-corrected chi connectivity index (χ2v) is 6.52. The molecule has 2 aliphatic carbocycles. The lowest BCUT2D eigenvalue weighted by molar-refractivity contribution is -0.147. The molecule has 0 unspecified atom stereocenters. The van der Waals surface area contributed by atoms with E-state index in [0.29, 0.717) is 37.3 Å². The van der Waals surface area contributed by atoms with E-state index in [4.69, 9.17) is 9.26 Å². The molecule has 0 N–H and O–H groups in total. The number of ether oxygens (including phenoxy) is 1. The average molecular weight is 291 g/mol. The smallest absolute Gasteiger partial charge is 0.252 e. The summed E-state index contributed by atoms with van der Waals surface area (Å²) in [6.45, 7) is 3.17. The van der Waals surface area contributed by atoms with Crippen LogP contribution >= 0.6 is 0 Å². The van der Waals surface area contributed by atoms with Crippen LogP contribution in [0.15, 0.2) is 4.52 Å². The van der Waals surface area contributed by atoms with Gasteiger partial charge >= 0.3 is 0 Å². The summed E-state index contributed by atoms with van der Waals surface area (Å²) in [6.07, 6.45) is 5.19. The SMILES string of the molecule is C[C@H]1OCCN(C(=O)CC2CC2)[C@@H]1c1nc(C2CC2)no1. The average Bonchev–Trinajstić information content (AvgIpc) is 3.40. The van der Waals surface area contributed by atoms with Crippen LogP contribution in [0.1, 0.15) is 62.7 Å². The molecule has 1 aliphatic heterocycles. The first kappa shape index (κ1) is 13.2. The van der Waals surface area contributed by atoms with Gasteiger partial charge in [0.1, 0.15) is 6.04 Å². The predicted octanol–water partition coefficient (Wildman–Crippen LogP) is 2.04. The Kier molecular flexibility index (Phi) is 3.21. The van der Waals surface area contributed by atoms with Crippen LogP contribution in [-0.2, 0) is 9.53 Å². The lowest BCUT2D eigenvalue weighted by atomic mass is 10.1. The third-order valence-corrected chi connectivity index (χ3v) is 4.63. The maximum absolute atomic E-state index is 12.5. The number of amides is 1. The van der Waals surface area contributed by atoms with Crippen molar-refractivity contribution in [1.29, 1.82) is 0 Å². The Bertz CT molecular complexity index is 536. The topological polar surface area (TPSA) is 68.5 Å². The van der Waals surface area contributed by atoms with Crippen LogP contribution in [0.25, 0.3) is 0 Å². The molecule has 0 aromatic carbocycles. The minimum atomic E-state index is -0.231. The summed E-state index contributed by atoms with van der Waals surface area (Å²) in [4.78, 5) is 18.9. The molecule has 2 saturated carbocycles. The van der Waals surface area contributed by atoms with Crippen molar-refractivity contribution in [3.05, 3.63) is 11.7 Å². The maximum atomic E-state index is 12.5. The predicted molar refractivity (Wildman–Crippen MR) is 73.5 cm³/mol. The van der Waals surface area contributed by atoms with Gasteiger partial charge in [0.05, 0.1) is 12.7 Å². The molecule has 21 heavy (non-hydrogen) atoms. The fourth-order valence-electron chi connectivity index (χ4n) is 3.00. The van der Waals surface area contributed by atoms with Crippen LogP contribution in [-0.4, -0.2) is 40.2 Å². The summed E-state index contributed by atoms with van der Waals surface area (Å²) < 4.78 is 11.2. The molecule has 0 spiro atoms. The largest absolute Gasteiger partial charge is 0.374 e. The van der Waals surface area contributed by atoms with Gasteiger partial charge in [0.2, 0.25) is 5.91 Å². The van der Waals surface area contributed by atoms with Crippen LogP contribution in [0.2, 0.25) is 0 Å². The van der Waals surface area contributed by atoms with Crippen LogP contribution in [0.4, 0.5) is 0 Å². The summed E-state index contributed by atoms with van der Waals surface area (Å²) in [6, 6.07) is -0.231. The quantitative estimate of drug-likeness (QED) is 0.849. The zero-order valence-corrected chi connectivity index (χ0v) is 12.3. The summed E-state index contributed by atoms with van der Waals surface area (Å²) in [7, 11) is 0. The van der Waals surface area contributed by atoms with Gasteiger partial charge in [-0.25, -0.2) is 0 Å². The van der Waals surface area contributed by atoms with Gasteiger partial charge in [0.25, 0.3) is 5.89 Å². The monoisotopic (exact) mass is 291 g/mol. The fourth-order valence-corrected chi connectivity index (χ4v) is 3.00. The van der Waals surface area contributed by atoms with Crippen LogP contribution in [0.3, 0.4) is 0 Å². The van der Waals surface area contributed by atoms with E-state index < -0.39 is 0 Å². The van der Waals surface area contributed by atoms with Crippen LogP contribution in [0.5, 0.6) is 0 Å². The van der Waals surface area contributed by atoms with E-state index in [1.807, 2.05) is 11.8 Å². The Balaban J connectivity index is 1.55. The van der Waals surface area contributed by atoms with Gasteiger partial charge in [-0.3, -0.25) is 4.79 Å². The summed E-state index contributed by atoms with van der Waals surface area (Å²) in [5.41, 5.74) is 0. The minimum Gasteiger partial charge on any atom is -0.374 e. The van der Waals surface area contributed by atoms with Gasteiger partial charge in [-0.1, -0.05) is 5.16 Å². The standard InChI is InChI=1S/C15H21N3O3/c1-9-13(15-16-14(17-21-15)11-4-5-11)18(6-7-20-9)12(19)8-10-2-3-10/h9-11,13H,2-8H2,1H3/t9-,13+/m1/s1. The molecule has 1 saturated heterocycles. The van der Waals surface area contributed by atoms with Crippen molar-refractivity contribution in [2.24, 2.45) is 5.92 Å². The van der Waals surface area contributed by atoms with Crippen molar-refractivity contribution in [2.45, 2.75) is 57.1 Å². The third-order valence-electron chi connectivity index (χ3n) is 4.63. The first-order valence-electron chi connectivity index (χ1n) is 7.97. The van der Waals surface area contributed by atoms with E-state index in [-0.39, 0.29) is 18.1 Å². The highest BCUT2D eigenvalue weighted by molar-refractivity contribution is 5.77. The van der Waals surface area contributed by atoms with Gasteiger partial charge in [0.15, 0.2) is 5.82 Å². The Hall–Kier alpha value is -1.43. The Labute approximate surface area is 123 Å². The molecule has 1 aromatic rings. The van der Waals surface area contributed by atoms with Gasteiger partial charge in [-0.2, -0.15) is 4.98 Å². The second kappa shape index (κ2) is 5.09. The second-order valence-electron chi connectivity index (χ2n) is 6.52. The minimum absolute atomic E-state index is 0.102. The molecule has 114 valence electrons. The van der Waals surface area contributed by atoms with E-state index >= 15 is 0 Å². The normalized spacial score (nSPS) is 29.7. The summed E-state index contributed by atoms with van der Waals surface area (Å²) in [5, 5.41) is 4.08. The molecular formula is C15H21N3O3. The highest BCUT2D eigenvalue weighted by atomic mass is 16.5. The Morgan fingerprint density at radius 3 is 2.86 bits per heavy atom. The van der Waals surface area contributed by atoms with Gasteiger partial charge in [-0.15, -0.1) is 0 Å². The molecule has 3 aliphatic rings. The number of hydrogen-bond acceptors (Lipinski definition) is 5. The van der Waals surface area contributed by atoms with Crippen molar-refractivity contribution in [1.82, 2.24) is 15.0 Å². The summed E-state index contributed by atoms with van der Waals surface area (Å²) >= 11 is 0. The van der Waals surface area contributed by atoms with Crippen molar-refractivity contribution < 1.29 is 14.1 Å².